The molecule has 0 aliphatic heterocycles. The molecule has 0 N–H and O–H groups in total. The van der Waals surface area contributed by atoms with E-state index in [2.05, 4.69) is 0 Å². The van der Waals surface area contributed by atoms with E-state index in [9.17, 15) is 14.4 Å². The minimum absolute atomic E-state index is 0.106. The third-order valence-corrected chi connectivity index (χ3v) is 6.44. The van der Waals surface area contributed by atoms with Crippen molar-refractivity contribution >= 4 is 17.8 Å². The Morgan fingerprint density at radius 1 is 1.09 bits per heavy atom. The summed E-state index contributed by atoms with van der Waals surface area (Å²) in [5, 5.41) is 0. The molecule has 0 heterocycles. The number of benzene rings is 1. The monoisotopic (exact) mass is 463 g/mol. The number of rotatable bonds is 13. The second-order valence-electron chi connectivity index (χ2n) is 8.63. The number of methoxy groups -OCH3 is 1. The SMILES string of the molecule is COCCOCOC(=O)CCC1(C(=O)OC(c2ccccc2)C(C)N(C)C(C)=O)CCCC1. The Balaban J connectivity index is 2.06. The van der Waals surface area contributed by atoms with Crippen LogP contribution < -0.4 is 0 Å². The first-order valence-electron chi connectivity index (χ1n) is 11.5. The molecule has 1 saturated carbocycles. The molecule has 8 heteroatoms. The van der Waals surface area contributed by atoms with Gasteiger partial charge in [-0.2, -0.15) is 0 Å². The van der Waals surface area contributed by atoms with Gasteiger partial charge in [-0.05, 0) is 31.7 Å². The maximum absolute atomic E-state index is 13.5. The van der Waals surface area contributed by atoms with Crippen molar-refractivity contribution in [3.05, 3.63) is 35.9 Å². The van der Waals surface area contributed by atoms with Gasteiger partial charge in [-0.15, -0.1) is 0 Å². The Morgan fingerprint density at radius 2 is 1.76 bits per heavy atom. The number of carbonyl (C=O) groups is 3. The first kappa shape index (κ1) is 26.8. The van der Waals surface area contributed by atoms with E-state index in [1.807, 2.05) is 37.3 Å². The van der Waals surface area contributed by atoms with Gasteiger partial charge in [-0.1, -0.05) is 43.2 Å². The van der Waals surface area contributed by atoms with Gasteiger partial charge in [0.2, 0.25) is 5.91 Å². The van der Waals surface area contributed by atoms with Crippen LogP contribution in [0.3, 0.4) is 0 Å². The molecule has 2 rings (SSSR count). The third kappa shape index (κ3) is 7.82. The standard InChI is InChI=1S/C25H37NO7/c1-19(26(3)20(2)27)23(21-10-6-5-7-11-21)33-24(29)25(13-8-9-14-25)15-12-22(28)32-18-31-17-16-30-4/h5-7,10-11,19,23H,8-9,12-18H2,1-4H3. The molecule has 8 nitrogen and oxygen atoms in total. The van der Waals surface area contributed by atoms with Crippen molar-refractivity contribution in [1.82, 2.24) is 4.90 Å². The van der Waals surface area contributed by atoms with E-state index < -0.39 is 17.5 Å². The smallest absolute Gasteiger partial charge is 0.312 e. The Kier molecular flexibility index (Phi) is 10.8. The van der Waals surface area contributed by atoms with E-state index >= 15 is 0 Å². The molecular weight excluding hydrogens is 426 g/mol. The van der Waals surface area contributed by atoms with Crippen molar-refractivity contribution in [2.75, 3.05) is 34.2 Å². The van der Waals surface area contributed by atoms with E-state index in [-0.39, 0.29) is 31.1 Å². The van der Waals surface area contributed by atoms with E-state index in [1.54, 1.807) is 19.1 Å². The second kappa shape index (κ2) is 13.3. The lowest BCUT2D eigenvalue weighted by atomic mass is 9.81. The molecule has 0 bridgehead atoms. The van der Waals surface area contributed by atoms with Crippen LogP contribution in [-0.2, 0) is 33.3 Å². The zero-order valence-electron chi connectivity index (χ0n) is 20.2. The zero-order valence-corrected chi connectivity index (χ0v) is 20.2. The molecule has 0 spiro atoms. The topological polar surface area (TPSA) is 91.4 Å². The highest BCUT2D eigenvalue weighted by Crippen LogP contribution is 2.44. The Labute approximate surface area is 196 Å². The summed E-state index contributed by atoms with van der Waals surface area (Å²) in [6, 6.07) is 9.10. The fourth-order valence-corrected chi connectivity index (χ4v) is 4.15. The summed E-state index contributed by atoms with van der Waals surface area (Å²) in [5.41, 5.74) is 0.101. The average molecular weight is 464 g/mol. The van der Waals surface area contributed by atoms with Crippen LogP contribution in [0.5, 0.6) is 0 Å². The lowest BCUT2D eigenvalue weighted by Crippen LogP contribution is -2.41. The van der Waals surface area contributed by atoms with Crippen molar-refractivity contribution in [1.29, 1.82) is 0 Å². The van der Waals surface area contributed by atoms with Crippen LogP contribution >= 0.6 is 0 Å². The molecule has 0 radical (unpaired) electrons. The third-order valence-electron chi connectivity index (χ3n) is 6.44. The Bertz CT molecular complexity index is 761. The number of hydrogen-bond donors (Lipinski definition) is 0. The van der Waals surface area contributed by atoms with Crippen molar-refractivity contribution in [3.63, 3.8) is 0 Å². The van der Waals surface area contributed by atoms with Crippen LogP contribution in [-0.4, -0.2) is 63.0 Å². The van der Waals surface area contributed by atoms with Gasteiger partial charge >= 0.3 is 11.9 Å². The molecule has 2 unspecified atom stereocenters. The Hall–Kier alpha value is -2.45. The minimum Gasteiger partial charge on any atom is -0.455 e. The highest BCUT2D eigenvalue weighted by molar-refractivity contribution is 5.79. The molecule has 1 aromatic rings. The van der Waals surface area contributed by atoms with Gasteiger partial charge in [0.1, 0.15) is 6.10 Å². The van der Waals surface area contributed by atoms with Crippen LogP contribution in [0.4, 0.5) is 0 Å². The number of amides is 1. The van der Waals surface area contributed by atoms with Gasteiger partial charge in [0.15, 0.2) is 6.79 Å². The largest absolute Gasteiger partial charge is 0.455 e. The lowest BCUT2D eigenvalue weighted by molar-refractivity contribution is -0.168. The number of nitrogens with zero attached hydrogens (tertiary/aromatic N) is 1. The number of likely N-dealkylation sites (N-methyl/N-ethyl adjacent to an activating group) is 1. The summed E-state index contributed by atoms with van der Waals surface area (Å²) < 4.78 is 21.2. The summed E-state index contributed by atoms with van der Waals surface area (Å²) in [7, 11) is 3.27. The summed E-state index contributed by atoms with van der Waals surface area (Å²) >= 11 is 0. The highest BCUT2D eigenvalue weighted by atomic mass is 16.7. The number of hydrogen-bond acceptors (Lipinski definition) is 7. The number of esters is 2. The quantitative estimate of drug-likeness (QED) is 0.251. The van der Waals surface area contributed by atoms with Crippen molar-refractivity contribution in [2.45, 2.75) is 64.5 Å². The van der Waals surface area contributed by atoms with Crippen molar-refractivity contribution < 1.29 is 33.3 Å². The zero-order chi connectivity index (χ0) is 24.3. The molecule has 0 aromatic heterocycles. The molecule has 1 aliphatic carbocycles. The molecule has 184 valence electrons. The minimum atomic E-state index is -0.725. The van der Waals surface area contributed by atoms with Gasteiger partial charge in [-0.3, -0.25) is 14.4 Å². The van der Waals surface area contributed by atoms with E-state index in [4.69, 9.17) is 18.9 Å². The van der Waals surface area contributed by atoms with E-state index in [0.29, 0.717) is 32.5 Å². The van der Waals surface area contributed by atoms with Gasteiger partial charge < -0.3 is 23.8 Å². The first-order valence-corrected chi connectivity index (χ1v) is 11.5. The molecule has 2 atom stereocenters. The predicted molar refractivity (Wildman–Crippen MR) is 122 cm³/mol. The number of carbonyl (C=O) groups excluding carboxylic acids is 3. The molecule has 1 amide bonds. The molecular formula is C25H37NO7. The second-order valence-corrected chi connectivity index (χ2v) is 8.63. The van der Waals surface area contributed by atoms with Crippen LogP contribution in [0.2, 0.25) is 0 Å². The van der Waals surface area contributed by atoms with E-state index in [0.717, 1.165) is 18.4 Å². The molecule has 33 heavy (non-hydrogen) atoms. The molecule has 0 saturated heterocycles. The normalized spacial score (nSPS) is 16.6. The molecule has 1 aromatic carbocycles. The highest BCUT2D eigenvalue weighted by Gasteiger charge is 2.44. The van der Waals surface area contributed by atoms with Crippen molar-refractivity contribution in [2.24, 2.45) is 5.41 Å². The van der Waals surface area contributed by atoms with Gasteiger partial charge in [-0.25, -0.2) is 0 Å². The van der Waals surface area contributed by atoms with Gasteiger partial charge in [0, 0.05) is 27.5 Å². The molecule has 1 fully saturated rings. The fraction of sp³-hybridized carbons (Fsp3) is 0.640. The summed E-state index contributed by atoms with van der Waals surface area (Å²) in [6.45, 7) is 3.99. The van der Waals surface area contributed by atoms with Crippen LogP contribution in [0.1, 0.15) is 64.0 Å². The van der Waals surface area contributed by atoms with Gasteiger partial charge in [0.05, 0.1) is 24.7 Å². The number of ether oxygens (including phenoxy) is 4. The lowest BCUT2D eigenvalue weighted by Gasteiger charge is -2.35. The van der Waals surface area contributed by atoms with Gasteiger partial charge in [0.25, 0.3) is 0 Å². The maximum Gasteiger partial charge on any atom is 0.312 e. The van der Waals surface area contributed by atoms with Crippen LogP contribution in [0, 0.1) is 5.41 Å². The summed E-state index contributed by atoms with van der Waals surface area (Å²) in [4.78, 5) is 39.2. The Morgan fingerprint density at radius 3 is 2.36 bits per heavy atom. The summed E-state index contributed by atoms with van der Waals surface area (Å²) in [5.74, 6) is -0.830. The van der Waals surface area contributed by atoms with E-state index in [1.165, 1.54) is 6.92 Å². The summed E-state index contributed by atoms with van der Waals surface area (Å²) in [6.07, 6.45) is 3.02. The van der Waals surface area contributed by atoms with Crippen LogP contribution in [0.15, 0.2) is 30.3 Å². The average Bonchev–Trinajstić information content (AvgIpc) is 3.31. The maximum atomic E-state index is 13.5. The predicted octanol–water partition coefficient (Wildman–Crippen LogP) is 3.64. The molecule has 1 aliphatic rings. The first-order chi connectivity index (χ1) is 15.8. The fourth-order valence-electron chi connectivity index (χ4n) is 4.15. The van der Waals surface area contributed by atoms with Crippen molar-refractivity contribution in [3.8, 4) is 0 Å². The van der Waals surface area contributed by atoms with Crippen LogP contribution in [0.25, 0.3) is 0 Å².